The van der Waals surface area contributed by atoms with Gasteiger partial charge in [0.2, 0.25) is 0 Å². The van der Waals surface area contributed by atoms with Crippen LogP contribution in [0.15, 0.2) is 400 Å². The van der Waals surface area contributed by atoms with E-state index in [4.69, 9.17) is 0 Å². The predicted octanol–water partition coefficient (Wildman–Crippen LogP) is 27.0. The lowest BCUT2D eigenvalue weighted by Gasteiger charge is -2.15. The van der Waals surface area contributed by atoms with Crippen molar-refractivity contribution in [3.63, 3.8) is 0 Å². The molecule has 23 aromatic rings. The van der Waals surface area contributed by atoms with E-state index in [0.29, 0.717) is 0 Å². The summed E-state index contributed by atoms with van der Waals surface area (Å²) >= 11 is 0. The van der Waals surface area contributed by atoms with Gasteiger partial charge in [0.15, 0.2) is 0 Å². The van der Waals surface area contributed by atoms with Gasteiger partial charge in [-0.1, -0.05) is 255 Å². The minimum absolute atomic E-state index is 1.14. The average molecular weight is 1380 g/mol. The van der Waals surface area contributed by atoms with Crippen LogP contribution in [-0.2, 0) is 0 Å². The molecule has 23 rings (SSSR count). The number of benzene rings is 17. The molecule has 0 saturated carbocycles. The van der Waals surface area contributed by atoms with Crippen LogP contribution in [-0.4, -0.2) is 27.4 Å². The third-order valence-electron chi connectivity index (χ3n) is 22.4. The third-order valence-corrected chi connectivity index (χ3v) is 22.4. The molecule has 0 saturated heterocycles. The molecule has 0 spiro atoms. The highest BCUT2D eigenvalue weighted by Gasteiger charge is 2.28. The SMILES string of the molecule is c1ccc(-n2c3ccccc3c3cc(-c4cc5c6ccccc6n(-c6ccccc6)c5c5c4c4ccccc4n5-c4ccccc4)ccc32)cc1.c1ccc(-n2c3ccccc3c3cc(-c4cccc(-c5cccc(-n6c7ccccc7c7ccccc76)c5)c4)c4c5ccccc5n(-c5ccccc5)c4c32)cc1. The molecule has 0 N–H and O–H groups in total. The molecule has 504 valence electrons. The van der Waals surface area contributed by atoms with Gasteiger partial charge in [-0.05, 0) is 179 Å². The summed E-state index contributed by atoms with van der Waals surface area (Å²) < 4.78 is 14.7. The van der Waals surface area contributed by atoms with E-state index in [2.05, 4.69) is 428 Å². The molecule has 108 heavy (non-hydrogen) atoms. The molecule has 6 nitrogen and oxygen atoms in total. The Morgan fingerprint density at radius 2 is 0.389 bits per heavy atom. The van der Waals surface area contributed by atoms with Gasteiger partial charge in [0.1, 0.15) is 0 Å². The van der Waals surface area contributed by atoms with Gasteiger partial charge in [-0.3, -0.25) is 0 Å². The Bertz CT molecular complexity index is 7460. The summed E-state index contributed by atoms with van der Waals surface area (Å²) in [6.45, 7) is 0. The summed E-state index contributed by atoms with van der Waals surface area (Å²) in [5, 5.41) is 15.0. The summed E-state index contributed by atoms with van der Waals surface area (Å²) in [6.07, 6.45) is 0. The minimum atomic E-state index is 1.14. The second-order valence-electron chi connectivity index (χ2n) is 28.3. The van der Waals surface area contributed by atoms with Crippen molar-refractivity contribution in [2.75, 3.05) is 0 Å². The second-order valence-corrected chi connectivity index (χ2v) is 28.3. The third kappa shape index (κ3) is 9.33. The molecule has 0 bridgehead atoms. The van der Waals surface area contributed by atoms with Crippen molar-refractivity contribution in [3.8, 4) is 67.5 Å². The van der Waals surface area contributed by atoms with Crippen molar-refractivity contribution < 1.29 is 0 Å². The Morgan fingerprint density at radius 1 is 0.130 bits per heavy atom. The van der Waals surface area contributed by atoms with Crippen molar-refractivity contribution >= 4 is 131 Å². The number of hydrogen-bond donors (Lipinski definition) is 0. The first-order valence-electron chi connectivity index (χ1n) is 37.2. The number of nitrogens with zero attached hydrogens (tertiary/aromatic N) is 6. The lowest BCUT2D eigenvalue weighted by atomic mass is 9.94. The first-order chi connectivity index (χ1) is 53.7. The predicted molar refractivity (Wildman–Crippen MR) is 455 cm³/mol. The minimum Gasteiger partial charge on any atom is -0.309 e. The van der Waals surface area contributed by atoms with Crippen LogP contribution >= 0.6 is 0 Å². The highest BCUT2D eigenvalue weighted by Crippen LogP contribution is 2.50. The van der Waals surface area contributed by atoms with Gasteiger partial charge < -0.3 is 27.4 Å². The Hall–Kier alpha value is -14.5. The highest BCUT2D eigenvalue weighted by molar-refractivity contribution is 6.30. The van der Waals surface area contributed by atoms with E-state index in [0.717, 1.165) is 28.4 Å². The quantitative estimate of drug-likeness (QED) is 0.138. The lowest BCUT2D eigenvalue weighted by Crippen LogP contribution is -1.99. The van der Waals surface area contributed by atoms with E-state index in [9.17, 15) is 0 Å². The lowest BCUT2D eigenvalue weighted by molar-refractivity contribution is 1.15. The van der Waals surface area contributed by atoms with E-state index in [1.807, 2.05) is 0 Å². The van der Waals surface area contributed by atoms with Gasteiger partial charge in [-0.15, -0.1) is 0 Å². The molecule has 0 aliphatic carbocycles. The molecule has 6 heteroatoms. The van der Waals surface area contributed by atoms with Crippen LogP contribution in [0.25, 0.3) is 198 Å². The van der Waals surface area contributed by atoms with Crippen molar-refractivity contribution in [1.29, 1.82) is 0 Å². The molecule has 6 heterocycles. The maximum absolute atomic E-state index is 2.48. The molecule has 0 unspecified atom stereocenters. The number of rotatable bonds is 9. The van der Waals surface area contributed by atoms with Crippen LogP contribution in [0.3, 0.4) is 0 Å². The first-order valence-corrected chi connectivity index (χ1v) is 37.2. The van der Waals surface area contributed by atoms with E-state index in [-0.39, 0.29) is 0 Å². The summed E-state index contributed by atoms with van der Waals surface area (Å²) in [7, 11) is 0. The van der Waals surface area contributed by atoms with E-state index in [1.165, 1.54) is 170 Å². The Balaban J connectivity index is 0.000000135. The summed E-state index contributed by atoms with van der Waals surface area (Å²) in [5.41, 5.74) is 28.6. The molecular weight excluding hydrogens is 1310 g/mol. The summed E-state index contributed by atoms with van der Waals surface area (Å²) in [6, 6.07) is 146. The van der Waals surface area contributed by atoms with Gasteiger partial charge in [0, 0.05) is 98.8 Å². The topological polar surface area (TPSA) is 29.6 Å². The smallest absolute Gasteiger partial charge is 0.0795 e. The molecule has 6 aromatic heterocycles. The van der Waals surface area contributed by atoms with Gasteiger partial charge in [0.25, 0.3) is 0 Å². The highest BCUT2D eigenvalue weighted by atomic mass is 15.1. The fourth-order valence-electron chi connectivity index (χ4n) is 17.9. The zero-order valence-corrected chi connectivity index (χ0v) is 58.8. The number of aromatic nitrogens is 6. The summed E-state index contributed by atoms with van der Waals surface area (Å²) in [4.78, 5) is 0. The van der Waals surface area contributed by atoms with Crippen molar-refractivity contribution in [2.24, 2.45) is 0 Å². The molecule has 0 amide bonds. The maximum atomic E-state index is 2.48. The van der Waals surface area contributed by atoms with E-state index >= 15 is 0 Å². The van der Waals surface area contributed by atoms with Crippen LogP contribution in [0.4, 0.5) is 0 Å². The monoisotopic (exact) mass is 1370 g/mol. The fraction of sp³-hybridized carbons (Fsp3) is 0. The van der Waals surface area contributed by atoms with E-state index in [1.54, 1.807) is 0 Å². The molecule has 17 aromatic carbocycles. The number of para-hydroxylation sites is 12. The average Bonchev–Trinajstić information content (AvgIpc) is 1.54. The second kappa shape index (κ2) is 24.6. The zero-order valence-electron chi connectivity index (χ0n) is 58.8. The largest absolute Gasteiger partial charge is 0.309 e. The van der Waals surface area contributed by atoms with Crippen molar-refractivity contribution in [1.82, 2.24) is 27.4 Å². The van der Waals surface area contributed by atoms with Gasteiger partial charge >= 0.3 is 0 Å². The van der Waals surface area contributed by atoms with Crippen LogP contribution in [0.1, 0.15) is 0 Å². The van der Waals surface area contributed by atoms with Crippen molar-refractivity contribution in [2.45, 2.75) is 0 Å². The fourth-order valence-corrected chi connectivity index (χ4v) is 17.9. The molecule has 0 fully saturated rings. The van der Waals surface area contributed by atoms with E-state index < -0.39 is 0 Å². The molecule has 0 aliphatic rings. The van der Waals surface area contributed by atoms with Crippen molar-refractivity contribution in [3.05, 3.63) is 400 Å². The summed E-state index contributed by atoms with van der Waals surface area (Å²) in [5.74, 6) is 0. The number of fused-ring (bicyclic) bond motifs is 20. The van der Waals surface area contributed by atoms with Crippen LogP contribution < -0.4 is 0 Å². The Morgan fingerprint density at radius 3 is 0.796 bits per heavy atom. The molecule has 0 atom stereocenters. The standard InChI is InChI=1S/C54H35N3.C48H31N3/c1-3-20-39(21-4-1)56-50-31-13-9-27-44(50)47-35-46(52-45-28-10-14-32-51(45)57(54(52)53(47)56)40-22-5-2-6-23-40)38-19-15-17-36(33-38)37-18-16-24-41(34-37)55-48-29-11-7-25-42(48)43-26-8-12-30-49(43)55;1-4-16-33(17-5-1)49-42-25-13-10-22-36(42)40-30-32(28-29-45(40)49)39-31-41-37-23-11-14-26-43(37)50(34-18-6-2-7-19-34)47(41)48-46(39)38-24-12-15-27-44(38)51(48)35-20-8-3-9-21-35/h1-35H;1-31H. The maximum Gasteiger partial charge on any atom is 0.0795 e. The first kappa shape index (κ1) is 61.1. The van der Waals surface area contributed by atoms with Crippen LogP contribution in [0, 0.1) is 0 Å². The Labute approximate surface area is 622 Å². The Kier molecular flexibility index (Phi) is 13.9. The molecular formula is C102H66N6. The van der Waals surface area contributed by atoms with Gasteiger partial charge in [-0.2, -0.15) is 0 Å². The molecule has 0 radical (unpaired) electrons. The zero-order chi connectivity index (χ0) is 70.9. The normalized spacial score (nSPS) is 11.9. The van der Waals surface area contributed by atoms with Crippen LogP contribution in [0.5, 0.6) is 0 Å². The van der Waals surface area contributed by atoms with Crippen LogP contribution in [0.2, 0.25) is 0 Å². The molecule has 0 aliphatic heterocycles. The number of hydrogen-bond acceptors (Lipinski definition) is 0. The van der Waals surface area contributed by atoms with Gasteiger partial charge in [0.05, 0.1) is 66.2 Å². The van der Waals surface area contributed by atoms with Gasteiger partial charge in [-0.25, -0.2) is 0 Å².